The molecule has 3 saturated heterocycles. The molecule has 4 aliphatic rings. The molecule has 3 fully saturated rings. The minimum Gasteiger partial charge on any atom is -0.478 e. The number of carboxylic acid groups (broad SMARTS) is 1. The van der Waals surface area contributed by atoms with Gasteiger partial charge in [-0.05, 0) is 31.3 Å². The lowest BCUT2D eigenvalue weighted by Gasteiger charge is -2.60. The monoisotopic (exact) mass is 640 g/mol. The van der Waals surface area contributed by atoms with Gasteiger partial charge in [-0.2, -0.15) is 0 Å². The van der Waals surface area contributed by atoms with Crippen LogP contribution in [-0.2, 0) is 11.3 Å². The van der Waals surface area contributed by atoms with Crippen molar-refractivity contribution in [3.05, 3.63) is 75.0 Å². The van der Waals surface area contributed by atoms with Crippen molar-refractivity contribution < 1.29 is 28.6 Å². The van der Waals surface area contributed by atoms with Crippen molar-refractivity contribution in [2.75, 3.05) is 76.1 Å². The quantitative estimate of drug-likeness (QED) is 0.413. The van der Waals surface area contributed by atoms with Crippen molar-refractivity contribution >= 4 is 46.5 Å². The molecule has 1 N–H and O–H groups in total. The summed E-state index contributed by atoms with van der Waals surface area (Å²) in [6.45, 7) is 6.02. The molecule has 9 nitrogen and oxygen atoms in total. The number of hydrogen-bond acceptors (Lipinski definition) is 7. The Morgan fingerprint density at radius 3 is 2.32 bits per heavy atom. The number of carbonyl (C=O) groups is 2. The van der Waals surface area contributed by atoms with Crippen molar-refractivity contribution in [3.63, 3.8) is 0 Å². The van der Waals surface area contributed by atoms with Crippen LogP contribution in [0.3, 0.4) is 0 Å². The van der Waals surface area contributed by atoms with Crippen LogP contribution in [0.1, 0.15) is 26.3 Å². The van der Waals surface area contributed by atoms with Crippen LogP contribution < -0.4 is 14.5 Å². The highest BCUT2D eigenvalue weighted by Gasteiger charge is 2.50. The first-order chi connectivity index (χ1) is 21.1. The van der Waals surface area contributed by atoms with Crippen LogP contribution >= 0.6 is 23.2 Å². The molecule has 1 amide bonds. The van der Waals surface area contributed by atoms with Crippen LogP contribution in [0.2, 0.25) is 10.0 Å². The van der Waals surface area contributed by atoms with Crippen LogP contribution in [-0.4, -0.2) is 93.0 Å². The molecule has 44 heavy (non-hydrogen) atoms. The summed E-state index contributed by atoms with van der Waals surface area (Å²) < 4.78 is 27.0. The number of benzene rings is 3. The van der Waals surface area contributed by atoms with Crippen molar-refractivity contribution in [2.45, 2.75) is 6.54 Å². The first-order valence-corrected chi connectivity index (χ1v) is 15.2. The first kappa shape index (κ1) is 29.2. The number of halogens is 3. The summed E-state index contributed by atoms with van der Waals surface area (Å²) in [7, 11) is 2.12. The van der Waals surface area contributed by atoms with Gasteiger partial charge in [-0.3, -0.25) is 4.79 Å². The van der Waals surface area contributed by atoms with Crippen molar-refractivity contribution in [1.82, 2.24) is 9.80 Å². The number of morpholine rings is 1. The topological polar surface area (TPSA) is 85.8 Å². The van der Waals surface area contributed by atoms with E-state index in [-0.39, 0.29) is 45.9 Å². The summed E-state index contributed by atoms with van der Waals surface area (Å²) in [6, 6.07) is 11.5. The van der Waals surface area contributed by atoms with Gasteiger partial charge in [0, 0.05) is 67.1 Å². The van der Waals surface area contributed by atoms with E-state index in [0.717, 1.165) is 37.9 Å². The Morgan fingerprint density at radius 2 is 1.66 bits per heavy atom. The SMILES string of the molecule is CN1CC2(C1)CN(c1cc(Cl)c(C(=O)N3COc4c(cccc4-c4cc(N5CCOCC5)c(C(=O)O)cc4F)C3)c(Cl)c1)C2. The van der Waals surface area contributed by atoms with E-state index in [1.807, 2.05) is 11.0 Å². The van der Waals surface area contributed by atoms with Gasteiger partial charge in [-0.25, -0.2) is 9.18 Å². The molecule has 230 valence electrons. The molecule has 0 bridgehead atoms. The number of nitrogens with zero attached hydrogens (tertiary/aromatic N) is 4. The normalized spacial score (nSPS) is 19.2. The number of ether oxygens (including phenoxy) is 2. The van der Waals surface area contributed by atoms with Gasteiger partial charge in [0.25, 0.3) is 5.91 Å². The van der Waals surface area contributed by atoms with Crippen LogP contribution in [0, 0.1) is 11.2 Å². The van der Waals surface area contributed by atoms with E-state index in [1.165, 1.54) is 4.90 Å². The molecule has 3 aromatic carbocycles. The van der Waals surface area contributed by atoms with E-state index in [1.54, 1.807) is 30.3 Å². The number of carboxylic acids is 1. The highest BCUT2D eigenvalue weighted by atomic mass is 35.5. The Hall–Kier alpha value is -3.57. The number of fused-ring (bicyclic) bond motifs is 1. The number of anilines is 2. The molecule has 0 aromatic heterocycles. The minimum absolute atomic E-state index is 0.0927. The molecule has 0 radical (unpaired) electrons. The van der Waals surface area contributed by atoms with Gasteiger partial charge in [0.15, 0.2) is 6.73 Å². The van der Waals surface area contributed by atoms with E-state index < -0.39 is 11.8 Å². The van der Waals surface area contributed by atoms with Gasteiger partial charge in [-0.1, -0.05) is 41.4 Å². The average molecular weight is 642 g/mol. The van der Waals surface area contributed by atoms with E-state index in [2.05, 4.69) is 16.8 Å². The fourth-order valence-corrected chi connectivity index (χ4v) is 7.61. The zero-order valence-electron chi connectivity index (χ0n) is 24.1. The smallest absolute Gasteiger partial charge is 0.337 e. The lowest BCUT2D eigenvalue weighted by molar-refractivity contribution is -0.00239. The fourth-order valence-electron chi connectivity index (χ4n) is 6.97. The fraction of sp³-hybridized carbons (Fsp3) is 0.375. The molecule has 0 aliphatic carbocycles. The number of aromatic carboxylic acids is 1. The third kappa shape index (κ3) is 5.03. The summed E-state index contributed by atoms with van der Waals surface area (Å²) in [5, 5.41) is 10.3. The highest BCUT2D eigenvalue weighted by Crippen LogP contribution is 2.44. The summed E-state index contributed by atoms with van der Waals surface area (Å²) in [5.41, 5.74) is 3.13. The first-order valence-electron chi connectivity index (χ1n) is 14.5. The zero-order chi connectivity index (χ0) is 30.7. The van der Waals surface area contributed by atoms with Crippen LogP contribution in [0.5, 0.6) is 5.75 Å². The lowest BCUT2D eigenvalue weighted by Crippen LogP contribution is -2.71. The molecule has 1 spiro atoms. The number of rotatable bonds is 5. The van der Waals surface area contributed by atoms with Crippen LogP contribution in [0.4, 0.5) is 15.8 Å². The number of hydrogen-bond donors (Lipinski definition) is 1. The average Bonchev–Trinajstić information content (AvgIpc) is 2.97. The third-order valence-electron chi connectivity index (χ3n) is 8.94. The van der Waals surface area contributed by atoms with Gasteiger partial charge >= 0.3 is 5.97 Å². The van der Waals surface area contributed by atoms with Crippen LogP contribution in [0.25, 0.3) is 11.1 Å². The molecule has 0 unspecified atom stereocenters. The van der Waals surface area contributed by atoms with Crippen molar-refractivity contribution in [2.24, 2.45) is 5.41 Å². The number of likely N-dealkylation sites (tertiary alicyclic amines) is 1. The zero-order valence-corrected chi connectivity index (χ0v) is 25.6. The van der Waals surface area contributed by atoms with Gasteiger partial charge in [-0.15, -0.1) is 0 Å². The second-order valence-corrected chi connectivity index (χ2v) is 13.0. The maximum Gasteiger partial charge on any atom is 0.337 e. The van der Waals surface area contributed by atoms with Gasteiger partial charge in [0.2, 0.25) is 0 Å². The molecule has 3 aromatic rings. The molecule has 4 aliphatic heterocycles. The Bertz CT molecular complexity index is 1640. The van der Waals surface area contributed by atoms with E-state index in [0.29, 0.717) is 54.3 Å². The lowest BCUT2D eigenvalue weighted by atomic mass is 9.73. The molecule has 7 rings (SSSR count). The standard InChI is InChI=1S/C32H31Cl2FN4O5/c1-36-14-32(15-36)16-39(17-32)20-9-24(33)28(25(34)10-20)30(40)38-13-19-3-2-4-21(29(19)44-18-38)22-12-27(37-5-7-43-8-6-37)23(31(41)42)11-26(22)35/h2-4,9-12H,5-8,13-18H2,1H3,(H,41,42). The van der Waals surface area contributed by atoms with E-state index >= 15 is 4.39 Å². The van der Waals surface area contributed by atoms with Gasteiger partial charge in [0.05, 0.1) is 46.6 Å². The summed E-state index contributed by atoms with van der Waals surface area (Å²) in [4.78, 5) is 33.6. The second kappa shape index (κ2) is 11.1. The maximum absolute atomic E-state index is 15.5. The minimum atomic E-state index is -1.21. The van der Waals surface area contributed by atoms with Gasteiger partial charge in [0.1, 0.15) is 11.6 Å². The number of carbonyl (C=O) groups excluding carboxylic acids is 1. The van der Waals surface area contributed by atoms with E-state index in [4.69, 9.17) is 32.7 Å². The highest BCUT2D eigenvalue weighted by molar-refractivity contribution is 6.40. The predicted molar refractivity (Wildman–Crippen MR) is 166 cm³/mol. The number of para-hydroxylation sites is 1. The number of amides is 1. The Labute approximate surface area is 264 Å². The Kier molecular flexibility index (Phi) is 7.36. The van der Waals surface area contributed by atoms with Crippen molar-refractivity contribution in [3.8, 4) is 16.9 Å². The molecule has 4 heterocycles. The molecular formula is C32H31Cl2FN4O5. The summed E-state index contributed by atoms with van der Waals surface area (Å²) >= 11 is 13.3. The Balaban J connectivity index is 1.13. The summed E-state index contributed by atoms with van der Waals surface area (Å²) in [5.74, 6) is -1.81. The molecular weight excluding hydrogens is 610 g/mol. The third-order valence-corrected chi connectivity index (χ3v) is 9.53. The summed E-state index contributed by atoms with van der Waals surface area (Å²) in [6.07, 6.45) is 0. The van der Waals surface area contributed by atoms with Crippen LogP contribution in [0.15, 0.2) is 42.5 Å². The molecule has 0 atom stereocenters. The maximum atomic E-state index is 15.5. The molecule has 12 heteroatoms. The van der Waals surface area contributed by atoms with E-state index in [9.17, 15) is 14.7 Å². The predicted octanol–water partition coefficient (Wildman–Crippen LogP) is 5.08. The second-order valence-electron chi connectivity index (χ2n) is 12.1. The Morgan fingerprint density at radius 1 is 0.955 bits per heavy atom. The molecule has 0 saturated carbocycles. The van der Waals surface area contributed by atoms with Gasteiger partial charge < -0.3 is 34.2 Å². The largest absolute Gasteiger partial charge is 0.478 e. The van der Waals surface area contributed by atoms with Crippen molar-refractivity contribution in [1.29, 1.82) is 0 Å².